The Labute approximate surface area is 106 Å². The Morgan fingerprint density at radius 1 is 1.29 bits per heavy atom. The van der Waals surface area contributed by atoms with Crippen molar-refractivity contribution in [2.24, 2.45) is 7.05 Å². The molecule has 0 aliphatic carbocycles. The third-order valence-corrected chi connectivity index (χ3v) is 3.35. The van der Waals surface area contributed by atoms with Crippen LogP contribution in [-0.4, -0.2) is 22.1 Å². The number of nitrogens with one attached hydrogen (secondary N) is 1. The van der Waals surface area contributed by atoms with Gasteiger partial charge in [-0.25, -0.2) is 0 Å². The second-order valence-electron chi connectivity index (χ2n) is 3.86. The van der Waals surface area contributed by atoms with Gasteiger partial charge in [0.25, 0.3) is 0 Å². The van der Waals surface area contributed by atoms with E-state index in [4.69, 9.17) is 0 Å². The van der Waals surface area contributed by atoms with E-state index in [1.807, 2.05) is 42.0 Å². The molecular weight excluding hydrogens is 230 g/mol. The SMILES string of the molecule is Cn1cc(SCCNCc2ccccc2)cn1. The quantitative estimate of drug-likeness (QED) is 0.627. The van der Waals surface area contributed by atoms with Gasteiger partial charge in [0, 0.05) is 37.0 Å². The highest BCUT2D eigenvalue weighted by atomic mass is 32.2. The van der Waals surface area contributed by atoms with Crippen LogP contribution in [0.4, 0.5) is 0 Å². The lowest BCUT2D eigenvalue weighted by Gasteiger charge is -2.03. The van der Waals surface area contributed by atoms with Gasteiger partial charge in [0.2, 0.25) is 0 Å². The number of hydrogen-bond donors (Lipinski definition) is 1. The first-order valence-corrected chi connectivity index (χ1v) is 6.69. The summed E-state index contributed by atoms with van der Waals surface area (Å²) in [6.07, 6.45) is 3.95. The lowest BCUT2D eigenvalue weighted by atomic mass is 10.2. The summed E-state index contributed by atoms with van der Waals surface area (Å²) in [5, 5.41) is 7.57. The highest BCUT2D eigenvalue weighted by Gasteiger charge is 1.96. The second kappa shape index (κ2) is 6.47. The second-order valence-corrected chi connectivity index (χ2v) is 5.03. The molecule has 90 valence electrons. The zero-order valence-electron chi connectivity index (χ0n) is 9.97. The van der Waals surface area contributed by atoms with Crippen molar-refractivity contribution in [2.75, 3.05) is 12.3 Å². The molecule has 2 rings (SSSR count). The fraction of sp³-hybridized carbons (Fsp3) is 0.308. The smallest absolute Gasteiger partial charge is 0.0625 e. The van der Waals surface area contributed by atoms with Crippen LogP contribution in [0.3, 0.4) is 0 Å². The van der Waals surface area contributed by atoms with E-state index >= 15 is 0 Å². The van der Waals surface area contributed by atoms with E-state index in [-0.39, 0.29) is 0 Å². The fourth-order valence-electron chi connectivity index (χ4n) is 1.54. The summed E-state index contributed by atoms with van der Waals surface area (Å²) < 4.78 is 1.83. The van der Waals surface area contributed by atoms with Crippen LogP contribution in [0.1, 0.15) is 5.56 Å². The highest BCUT2D eigenvalue weighted by molar-refractivity contribution is 7.99. The van der Waals surface area contributed by atoms with E-state index in [1.165, 1.54) is 10.5 Å². The Hall–Kier alpha value is -1.26. The minimum absolute atomic E-state index is 0.939. The standard InChI is InChI=1S/C13H17N3S/c1-16-11-13(10-15-16)17-8-7-14-9-12-5-3-2-4-6-12/h2-6,10-11,14H,7-9H2,1H3. The van der Waals surface area contributed by atoms with Crippen molar-refractivity contribution in [3.63, 3.8) is 0 Å². The fourth-order valence-corrected chi connectivity index (χ4v) is 2.37. The zero-order valence-corrected chi connectivity index (χ0v) is 10.8. The van der Waals surface area contributed by atoms with Crippen LogP contribution in [0.2, 0.25) is 0 Å². The van der Waals surface area contributed by atoms with E-state index < -0.39 is 0 Å². The van der Waals surface area contributed by atoms with Crippen LogP contribution in [0.15, 0.2) is 47.6 Å². The Bertz CT molecular complexity index is 439. The summed E-state index contributed by atoms with van der Waals surface area (Å²) in [6, 6.07) is 10.5. The molecule has 0 amide bonds. The van der Waals surface area contributed by atoms with Crippen molar-refractivity contribution >= 4 is 11.8 Å². The van der Waals surface area contributed by atoms with E-state index in [1.54, 1.807) is 0 Å². The molecule has 0 atom stereocenters. The first-order valence-electron chi connectivity index (χ1n) is 5.71. The molecule has 17 heavy (non-hydrogen) atoms. The number of thioether (sulfide) groups is 1. The number of benzene rings is 1. The molecule has 0 saturated carbocycles. The van der Waals surface area contributed by atoms with Gasteiger partial charge in [-0.05, 0) is 5.56 Å². The number of aromatic nitrogens is 2. The minimum Gasteiger partial charge on any atom is -0.312 e. The molecule has 0 aliphatic heterocycles. The summed E-state index contributed by atoms with van der Waals surface area (Å²) in [5.74, 6) is 1.07. The molecular formula is C13H17N3S. The lowest BCUT2D eigenvalue weighted by molar-refractivity contribution is 0.732. The van der Waals surface area contributed by atoms with Gasteiger partial charge in [0.05, 0.1) is 6.20 Å². The number of hydrogen-bond acceptors (Lipinski definition) is 3. The van der Waals surface area contributed by atoms with Crippen molar-refractivity contribution in [1.82, 2.24) is 15.1 Å². The van der Waals surface area contributed by atoms with Gasteiger partial charge in [-0.2, -0.15) is 5.10 Å². The van der Waals surface area contributed by atoms with Crippen LogP contribution in [0.5, 0.6) is 0 Å². The molecule has 0 saturated heterocycles. The van der Waals surface area contributed by atoms with Crippen LogP contribution >= 0.6 is 11.8 Å². The largest absolute Gasteiger partial charge is 0.312 e. The van der Waals surface area contributed by atoms with Crippen LogP contribution in [-0.2, 0) is 13.6 Å². The first-order chi connectivity index (χ1) is 8.34. The Morgan fingerprint density at radius 2 is 2.12 bits per heavy atom. The van der Waals surface area contributed by atoms with Gasteiger partial charge in [0.1, 0.15) is 0 Å². The molecule has 0 aliphatic rings. The van der Waals surface area contributed by atoms with Crippen LogP contribution in [0, 0.1) is 0 Å². The predicted octanol–water partition coefficient (Wildman–Crippen LogP) is 2.30. The molecule has 0 fully saturated rings. The maximum atomic E-state index is 4.14. The number of rotatable bonds is 6. The van der Waals surface area contributed by atoms with Crippen molar-refractivity contribution in [2.45, 2.75) is 11.4 Å². The summed E-state index contributed by atoms with van der Waals surface area (Å²) >= 11 is 1.83. The summed E-state index contributed by atoms with van der Waals surface area (Å²) in [6.45, 7) is 1.95. The molecule has 4 heteroatoms. The molecule has 0 spiro atoms. The monoisotopic (exact) mass is 247 g/mol. The van der Waals surface area contributed by atoms with Gasteiger partial charge >= 0.3 is 0 Å². The molecule has 0 unspecified atom stereocenters. The summed E-state index contributed by atoms with van der Waals surface area (Å²) in [5.41, 5.74) is 1.33. The highest BCUT2D eigenvalue weighted by Crippen LogP contribution is 2.15. The average molecular weight is 247 g/mol. The van der Waals surface area contributed by atoms with Crippen molar-refractivity contribution < 1.29 is 0 Å². The minimum atomic E-state index is 0.939. The van der Waals surface area contributed by atoms with Gasteiger partial charge in [0.15, 0.2) is 0 Å². The summed E-state index contributed by atoms with van der Waals surface area (Å²) in [4.78, 5) is 1.23. The third-order valence-electron chi connectivity index (χ3n) is 2.40. The normalized spacial score (nSPS) is 10.6. The van der Waals surface area contributed by atoms with E-state index in [0.29, 0.717) is 0 Å². The molecule has 1 heterocycles. The Morgan fingerprint density at radius 3 is 2.82 bits per heavy atom. The molecule has 0 bridgehead atoms. The topological polar surface area (TPSA) is 29.9 Å². The van der Waals surface area contributed by atoms with Crippen molar-refractivity contribution in [3.8, 4) is 0 Å². The molecule has 3 nitrogen and oxygen atoms in total. The predicted molar refractivity (Wildman–Crippen MR) is 72.1 cm³/mol. The molecule has 1 N–H and O–H groups in total. The molecule has 1 aromatic carbocycles. The lowest BCUT2D eigenvalue weighted by Crippen LogP contribution is -2.16. The van der Waals surface area contributed by atoms with E-state index in [9.17, 15) is 0 Å². The van der Waals surface area contributed by atoms with Crippen molar-refractivity contribution in [1.29, 1.82) is 0 Å². The van der Waals surface area contributed by atoms with Crippen LogP contribution < -0.4 is 5.32 Å². The van der Waals surface area contributed by atoms with Crippen LogP contribution in [0.25, 0.3) is 0 Å². The Kier molecular flexibility index (Phi) is 4.64. The number of nitrogens with zero attached hydrogens (tertiary/aromatic N) is 2. The molecule has 2 aromatic rings. The van der Waals surface area contributed by atoms with E-state index in [0.717, 1.165) is 18.8 Å². The average Bonchev–Trinajstić information content (AvgIpc) is 2.76. The Balaban J connectivity index is 1.61. The van der Waals surface area contributed by atoms with Crippen molar-refractivity contribution in [3.05, 3.63) is 48.3 Å². The summed E-state index contributed by atoms with van der Waals surface area (Å²) in [7, 11) is 1.94. The first kappa shape index (κ1) is 12.2. The maximum Gasteiger partial charge on any atom is 0.0625 e. The third kappa shape index (κ3) is 4.24. The van der Waals surface area contributed by atoms with Gasteiger partial charge < -0.3 is 5.32 Å². The molecule has 1 aromatic heterocycles. The van der Waals surface area contributed by atoms with Gasteiger partial charge in [-0.1, -0.05) is 30.3 Å². The van der Waals surface area contributed by atoms with E-state index in [2.05, 4.69) is 34.7 Å². The maximum absolute atomic E-state index is 4.14. The molecule has 0 radical (unpaired) electrons. The zero-order chi connectivity index (χ0) is 11.9. The van der Waals surface area contributed by atoms with Gasteiger partial charge in [-0.3, -0.25) is 4.68 Å². The number of aryl methyl sites for hydroxylation is 1. The van der Waals surface area contributed by atoms with Gasteiger partial charge in [-0.15, -0.1) is 11.8 Å².